The lowest BCUT2D eigenvalue weighted by atomic mass is 10.1. The molecule has 50 heavy (non-hydrogen) atoms. The summed E-state index contributed by atoms with van der Waals surface area (Å²) in [6.45, 7) is 8.13. The molecule has 20 heteroatoms. The summed E-state index contributed by atoms with van der Waals surface area (Å²) >= 11 is 0. The van der Waals surface area contributed by atoms with Gasteiger partial charge in [-0.25, -0.2) is 24.0 Å². The van der Waals surface area contributed by atoms with Gasteiger partial charge in [-0.15, -0.1) is 5.06 Å². The van der Waals surface area contributed by atoms with E-state index in [0.29, 0.717) is 63.1 Å². The van der Waals surface area contributed by atoms with Crippen molar-refractivity contribution >= 4 is 54.3 Å². The van der Waals surface area contributed by atoms with E-state index < -0.39 is 60.1 Å². The summed E-state index contributed by atoms with van der Waals surface area (Å²) < 4.78 is 18.9. The Balaban J connectivity index is 0.000000974. The molecule has 0 saturated carbocycles. The quantitative estimate of drug-likeness (QED) is 0.0479. The Bertz CT molecular complexity index is 1110. The van der Waals surface area contributed by atoms with E-state index in [2.05, 4.69) is 26.6 Å². The number of hydroxylamine groups is 2. The van der Waals surface area contributed by atoms with Gasteiger partial charge >= 0.3 is 30.3 Å². The van der Waals surface area contributed by atoms with Crippen LogP contribution in [-0.2, 0) is 47.8 Å². The Morgan fingerprint density at radius 1 is 0.640 bits per heavy atom. The van der Waals surface area contributed by atoms with E-state index >= 15 is 0 Å². The normalized spacial score (nSPS) is 12.9. The van der Waals surface area contributed by atoms with Crippen molar-refractivity contribution in [3.8, 4) is 0 Å². The lowest BCUT2D eigenvalue weighted by molar-refractivity contribution is -0.199. The first kappa shape index (κ1) is 44.8. The molecule has 0 aromatic rings. The summed E-state index contributed by atoms with van der Waals surface area (Å²) in [4.78, 5) is 108. The van der Waals surface area contributed by atoms with Crippen LogP contribution in [0.4, 0.5) is 19.2 Å². The van der Waals surface area contributed by atoms with Crippen LogP contribution in [-0.4, -0.2) is 118 Å². The summed E-state index contributed by atoms with van der Waals surface area (Å²) in [5, 5.41) is 12.7. The molecule has 2 atom stereocenters. The molecule has 2 unspecified atom stereocenters. The minimum Gasteiger partial charge on any atom is -0.450 e. The zero-order valence-corrected chi connectivity index (χ0v) is 29.0. The van der Waals surface area contributed by atoms with Crippen molar-refractivity contribution in [2.24, 2.45) is 0 Å². The molecule has 0 aliphatic carbocycles. The maximum Gasteiger partial charge on any atom is 0.407 e. The van der Waals surface area contributed by atoms with Gasteiger partial charge in [0.15, 0.2) is 0 Å². The van der Waals surface area contributed by atoms with Gasteiger partial charge in [-0.3, -0.25) is 14.4 Å². The molecule has 1 aliphatic rings. The average Bonchev–Trinajstić information content (AvgIpc) is 3.38. The fourth-order valence-electron chi connectivity index (χ4n) is 3.92. The number of hydrogen-bond acceptors (Lipinski definition) is 14. The lowest BCUT2D eigenvalue weighted by Gasteiger charge is -2.20. The molecule has 1 fully saturated rings. The zero-order chi connectivity index (χ0) is 37.7. The topological polar surface area (TPSA) is 263 Å². The van der Waals surface area contributed by atoms with Crippen LogP contribution in [0.2, 0.25) is 0 Å². The molecule has 0 spiro atoms. The summed E-state index contributed by atoms with van der Waals surface area (Å²) in [7, 11) is 0. The SMILES string of the molecule is CCOC(=O)NCCCCC(NC(=O)OCC)C(=O)NCC=O.CCOC(=O)NCCCCC(NC(=O)OCC)C(=O)ON1C(=O)CCC1=O. The zero-order valence-electron chi connectivity index (χ0n) is 29.0. The number of carbonyl (C=O) groups is 9. The maximum absolute atomic E-state index is 12.3. The Kier molecular flexibility index (Phi) is 24.9. The van der Waals surface area contributed by atoms with E-state index in [4.69, 9.17) is 23.8 Å². The number of imide groups is 1. The number of nitrogens with zero attached hydrogens (tertiary/aromatic N) is 1. The van der Waals surface area contributed by atoms with Crippen molar-refractivity contribution in [1.82, 2.24) is 31.6 Å². The fraction of sp³-hybridized carbons (Fsp3) is 0.700. The third-order valence-corrected chi connectivity index (χ3v) is 6.21. The van der Waals surface area contributed by atoms with Crippen LogP contribution >= 0.6 is 0 Å². The molecular formula is C30H50N6O14. The van der Waals surface area contributed by atoms with E-state index in [-0.39, 0.29) is 45.6 Å². The summed E-state index contributed by atoms with van der Waals surface area (Å²) in [5.74, 6) is -2.61. The summed E-state index contributed by atoms with van der Waals surface area (Å²) in [5.41, 5.74) is 0. The van der Waals surface area contributed by atoms with Gasteiger partial charge < -0.3 is 55.2 Å². The molecular weight excluding hydrogens is 668 g/mol. The third-order valence-electron chi connectivity index (χ3n) is 6.21. The molecule has 5 N–H and O–H groups in total. The molecule has 0 aromatic heterocycles. The minimum atomic E-state index is -1.10. The Morgan fingerprint density at radius 3 is 1.50 bits per heavy atom. The lowest BCUT2D eigenvalue weighted by Crippen LogP contribution is -2.47. The molecule has 7 amide bonds. The van der Waals surface area contributed by atoms with Gasteiger partial charge in [0.05, 0.1) is 33.0 Å². The van der Waals surface area contributed by atoms with Crippen LogP contribution in [0.1, 0.15) is 79.1 Å². The largest absolute Gasteiger partial charge is 0.450 e. The molecule has 0 aromatic carbocycles. The van der Waals surface area contributed by atoms with E-state index in [9.17, 15) is 43.2 Å². The second-order valence-corrected chi connectivity index (χ2v) is 10.0. The van der Waals surface area contributed by atoms with Gasteiger partial charge in [0.2, 0.25) is 5.91 Å². The van der Waals surface area contributed by atoms with Crippen molar-refractivity contribution in [3.63, 3.8) is 0 Å². The van der Waals surface area contributed by atoms with E-state index in [1.807, 2.05) is 0 Å². The highest BCUT2D eigenvalue weighted by molar-refractivity contribution is 6.01. The van der Waals surface area contributed by atoms with Crippen LogP contribution in [0.5, 0.6) is 0 Å². The first-order chi connectivity index (χ1) is 23.9. The van der Waals surface area contributed by atoms with Gasteiger partial charge in [0.1, 0.15) is 18.4 Å². The number of nitrogens with one attached hydrogen (secondary N) is 5. The standard InChI is InChI=1S/C16H25N3O8.C14H25N3O6/c1-3-25-15(23)17-10-6-5-7-11(18-16(24)26-4-2)14(22)27-19-12(20)8-9-13(19)21;1-3-22-13(20)16-8-6-5-7-11(12(19)15-9-10-18)17-14(21)23-4-2/h11H,3-10H2,1-2H3,(H,17,23)(H,18,24);10-11H,3-9H2,1-2H3,(H,15,19)(H,16,20)(H,17,21). The van der Waals surface area contributed by atoms with Gasteiger partial charge in [-0.1, -0.05) is 0 Å². The van der Waals surface area contributed by atoms with Crippen LogP contribution in [0.25, 0.3) is 0 Å². The van der Waals surface area contributed by atoms with Crippen molar-refractivity contribution in [1.29, 1.82) is 0 Å². The van der Waals surface area contributed by atoms with Crippen molar-refractivity contribution in [3.05, 3.63) is 0 Å². The second-order valence-electron chi connectivity index (χ2n) is 10.0. The number of aldehydes is 1. The number of amides is 7. The summed E-state index contributed by atoms with van der Waals surface area (Å²) in [6, 6.07) is -1.90. The predicted octanol–water partition coefficient (Wildman–Crippen LogP) is 0.957. The fourth-order valence-corrected chi connectivity index (χ4v) is 3.92. The summed E-state index contributed by atoms with van der Waals surface area (Å²) in [6.07, 6.45) is 0.639. The molecule has 284 valence electrons. The smallest absolute Gasteiger partial charge is 0.407 e. The monoisotopic (exact) mass is 718 g/mol. The van der Waals surface area contributed by atoms with E-state index in [1.165, 1.54) is 0 Å². The van der Waals surface area contributed by atoms with E-state index in [0.717, 1.165) is 0 Å². The van der Waals surface area contributed by atoms with Crippen LogP contribution < -0.4 is 26.6 Å². The van der Waals surface area contributed by atoms with Crippen molar-refractivity contribution < 1.29 is 66.9 Å². The van der Waals surface area contributed by atoms with Gasteiger partial charge in [-0.05, 0) is 66.2 Å². The minimum absolute atomic E-state index is 0.0262. The number of hydrogen-bond donors (Lipinski definition) is 5. The third kappa shape index (κ3) is 20.9. The van der Waals surface area contributed by atoms with Crippen LogP contribution in [0.3, 0.4) is 0 Å². The van der Waals surface area contributed by atoms with Crippen molar-refractivity contribution in [2.75, 3.05) is 46.1 Å². The molecule has 1 rings (SSSR count). The number of unbranched alkanes of at least 4 members (excludes halogenated alkanes) is 2. The van der Waals surface area contributed by atoms with Crippen molar-refractivity contribution in [2.45, 2.75) is 91.1 Å². The first-order valence-corrected chi connectivity index (χ1v) is 16.4. The van der Waals surface area contributed by atoms with Crippen LogP contribution in [0, 0.1) is 0 Å². The number of ether oxygens (including phenoxy) is 4. The average molecular weight is 719 g/mol. The Morgan fingerprint density at radius 2 is 1.06 bits per heavy atom. The first-order valence-electron chi connectivity index (χ1n) is 16.4. The van der Waals surface area contributed by atoms with Crippen LogP contribution in [0.15, 0.2) is 0 Å². The molecule has 20 nitrogen and oxygen atoms in total. The van der Waals surface area contributed by atoms with Gasteiger partial charge in [0, 0.05) is 25.9 Å². The van der Waals surface area contributed by atoms with Gasteiger partial charge in [0.25, 0.3) is 11.8 Å². The highest BCUT2D eigenvalue weighted by Gasteiger charge is 2.35. The molecule has 1 heterocycles. The Labute approximate surface area is 290 Å². The predicted molar refractivity (Wildman–Crippen MR) is 172 cm³/mol. The molecule has 0 bridgehead atoms. The molecule has 0 radical (unpaired) electrons. The molecule has 1 saturated heterocycles. The number of carbonyl (C=O) groups excluding carboxylic acids is 9. The number of alkyl carbamates (subject to hydrolysis) is 4. The van der Waals surface area contributed by atoms with Gasteiger partial charge in [-0.2, -0.15) is 0 Å². The maximum atomic E-state index is 12.3. The highest BCUT2D eigenvalue weighted by atomic mass is 16.7. The highest BCUT2D eigenvalue weighted by Crippen LogP contribution is 2.14. The second kappa shape index (κ2) is 27.7. The van der Waals surface area contributed by atoms with E-state index in [1.54, 1.807) is 27.7 Å². The Hall–Kier alpha value is -5.17. The number of rotatable bonds is 21. The molecule has 1 aliphatic heterocycles.